The van der Waals surface area contributed by atoms with Gasteiger partial charge in [-0.3, -0.25) is 4.79 Å². The zero-order valence-electron chi connectivity index (χ0n) is 8.79. The van der Waals surface area contributed by atoms with Crippen molar-refractivity contribution in [2.24, 2.45) is 5.73 Å². The maximum absolute atomic E-state index is 11.3. The van der Waals surface area contributed by atoms with Crippen LogP contribution in [0.1, 0.15) is 28.4 Å². The van der Waals surface area contributed by atoms with Crippen molar-refractivity contribution in [2.75, 3.05) is 0 Å². The fourth-order valence-corrected chi connectivity index (χ4v) is 1.92. The van der Waals surface area contributed by atoms with Crippen molar-refractivity contribution in [2.45, 2.75) is 20.3 Å². The Morgan fingerprint density at radius 3 is 2.93 bits per heavy atom. The highest BCUT2D eigenvalue weighted by molar-refractivity contribution is 5.99. The number of aromatic amines is 1. The molecular weight excluding hydrogens is 190 g/mol. The molecular formula is C11H13N3O. The number of carbonyl (C=O) groups is 1. The minimum atomic E-state index is -0.383. The molecule has 0 saturated carbocycles. The summed E-state index contributed by atoms with van der Waals surface area (Å²) in [6.07, 6.45) is 2.40. The van der Waals surface area contributed by atoms with Gasteiger partial charge in [0.05, 0.1) is 17.4 Å². The zero-order chi connectivity index (χ0) is 11.0. The van der Waals surface area contributed by atoms with E-state index in [1.807, 2.05) is 19.9 Å². The van der Waals surface area contributed by atoms with Gasteiger partial charge in [0.2, 0.25) is 5.91 Å². The molecule has 1 aromatic heterocycles. The molecule has 1 amide bonds. The van der Waals surface area contributed by atoms with Gasteiger partial charge in [-0.15, -0.1) is 0 Å². The number of primary amides is 1. The number of aryl methyl sites for hydroxylation is 2. The minimum absolute atomic E-state index is 0.383. The van der Waals surface area contributed by atoms with Crippen molar-refractivity contribution in [1.29, 1.82) is 0 Å². The van der Waals surface area contributed by atoms with Gasteiger partial charge in [-0.1, -0.05) is 6.92 Å². The molecule has 0 fully saturated rings. The van der Waals surface area contributed by atoms with Crippen LogP contribution in [0.5, 0.6) is 0 Å². The quantitative estimate of drug-likeness (QED) is 0.777. The molecule has 0 atom stereocenters. The lowest BCUT2D eigenvalue weighted by atomic mass is 9.99. The normalized spacial score (nSPS) is 10.8. The Balaban J connectivity index is 2.87. The molecule has 2 aromatic rings. The first-order valence-corrected chi connectivity index (χ1v) is 4.90. The first-order chi connectivity index (χ1) is 7.15. The van der Waals surface area contributed by atoms with E-state index >= 15 is 0 Å². The molecule has 0 aliphatic carbocycles. The standard InChI is InChI=1S/C11H13N3O/c1-3-7-8(11(12)15)4-6(2)9-10(7)14-5-13-9/h4-5H,3H2,1-2H3,(H2,12,15)(H,13,14). The summed E-state index contributed by atoms with van der Waals surface area (Å²) in [4.78, 5) is 18.6. The third kappa shape index (κ3) is 1.38. The van der Waals surface area contributed by atoms with E-state index in [2.05, 4.69) is 9.97 Å². The van der Waals surface area contributed by atoms with E-state index in [9.17, 15) is 4.79 Å². The van der Waals surface area contributed by atoms with E-state index in [1.54, 1.807) is 6.33 Å². The van der Waals surface area contributed by atoms with Crippen LogP contribution in [0, 0.1) is 6.92 Å². The fraction of sp³-hybridized carbons (Fsp3) is 0.273. The van der Waals surface area contributed by atoms with Crippen molar-refractivity contribution in [3.8, 4) is 0 Å². The third-order valence-electron chi connectivity index (χ3n) is 2.62. The molecule has 1 heterocycles. The summed E-state index contributed by atoms with van der Waals surface area (Å²) in [6.45, 7) is 3.92. The molecule has 2 rings (SSSR count). The number of H-pyrrole nitrogens is 1. The molecule has 0 aliphatic heterocycles. The molecule has 0 spiro atoms. The largest absolute Gasteiger partial charge is 0.366 e. The van der Waals surface area contributed by atoms with Crippen LogP contribution in [0.4, 0.5) is 0 Å². The third-order valence-corrected chi connectivity index (χ3v) is 2.62. The van der Waals surface area contributed by atoms with Gasteiger partial charge in [0.1, 0.15) is 0 Å². The van der Waals surface area contributed by atoms with E-state index in [1.165, 1.54) is 0 Å². The maximum Gasteiger partial charge on any atom is 0.249 e. The Hall–Kier alpha value is -1.84. The first-order valence-electron chi connectivity index (χ1n) is 4.90. The molecule has 15 heavy (non-hydrogen) atoms. The number of rotatable bonds is 2. The van der Waals surface area contributed by atoms with E-state index < -0.39 is 0 Å². The minimum Gasteiger partial charge on any atom is -0.366 e. The second-order valence-electron chi connectivity index (χ2n) is 3.56. The van der Waals surface area contributed by atoms with Gasteiger partial charge in [0.15, 0.2) is 0 Å². The number of nitrogens with two attached hydrogens (primary N) is 1. The Bertz CT molecular complexity index is 528. The SMILES string of the molecule is CCc1c(C(N)=O)cc(C)c2nc[nH]c12. The van der Waals surface area contributed by atoms with Gasteiger partial charge < -0.3 is 10.7 Å². The van der Waals surface area contributed by atoms with Crippen LogP contribution in [0.3, 0.4) is 0 Å². The average molecular weight is 203 g/mol. The molecule has 78 valence electrons. The smallest absolute Gasteiger partial charge is 0.249 e. The predicted molar refractivity (Wildman–Crippen MR) is 58.7 cm³/mol. The molecule has 4 heteroatoms. The number of hydrogen-bond acceptors (Lipinski definition) is 2. The number of imidazole rings is 1. The van der Waals surface area contributed by atoms with Crippen molar-refractivity contribution < 1.29 is 4.79 Å². The Morgan fingerprint density at radius 1 is 1.60 bits per heavy atom. The van der Waals surface area contributed by atoms with Crippen LogP contribution in [0.25, 0.3) is 11.0 Å². The van der Waals surface area contributed by atoms with Crippen molar-refractivity contribution in [1.82, 2.24) is 9.97 Å². The predicted octanol–water partition coefficient (Wildman–Crippen LogP) is 1.53. The summed E-state index contributed by atoms with van der Waals surface area (Å²) in [5.41, 5.74) is 9.69. The molecule has 4 nitrogen and oxygen atoms in total. The number of nitrogens with one attached hydrogen (secondary N) is 1. The van der Waals surface area contributed by atoms with Gasteiger partial charge in [0, 0.05) is 5.56 Å². The van der Waals surface area contributed by atoms with Gasteiger partial charge >= 0.3 is 0 Å². The second-order valence-corrected chi connectivity index (χ2v) is 3.56. The Labute approximate surface area is 87.5 Å². The molecule has 3 N–H and O–H groups in total. The number of carbonyl (C=O) groups excluding carboxylic acids is 1. The number of amides is 1. The molecule has 0 bridgehead atoms. The lowest BCUT2D eigenvalue weighted by molar-refractivity contribution is 0.0999. The van der Waals surface area contributed by atoms with E-state index in [0.29, 0.717) is 5.56 Å². The molecule has 0 radical (unpaired) electrons. The van der Waals surface area contributed by atoms with Crippen LogP contribution in [-0.2, 0) is 6.42 Å². The maximum atomic E-state index is 11.3. The molecule has 0 saturated heterocycles. The number of fused-ring (bicyclic) bond motifs is 1. The summed E-state index contributed by atoms with van der Waals surface area (Å²) >= 11 is 0. The van der Waals surface area contributed by atoms with Crippen molar-refractivity contribution >= 4 is 16.9 Å². The Morgan fingerprint density at radius 2 is 2.33 bits per heavy atom. The van der Waals surface area contributed by atoms with Crippen LogP contribution in [0.2, 0.25) is 0 Å². The van der Waals surface area contributed by atoms with E-state index in [-0.39, 0.29) is 5.91 Å². The summed E-state index contributed by atoms with van der Waals surface area (Å²) in [5.74, 6) is -0.383. The van der Waals surface area contributed by atoms with Crippen LogP contribution in [-0.4, -0.2) is 15.9 Å². The van der Waals surface area contributed by atoms with E-state index in [0.717, 1.165) is 28.6 Å². The monoisotopic (exact) mass is 203 g/mol. The van der Waals surface area contributed by atoms with Crippen molar-refractivity contribution in [3.63, 3.8) is 0 Å². The highest BCUT2D eigenvalue weighted by atomic mass is 16.1. The van der Waals surface area contributed by atoms with Crippen molar-refractivity contribution in [3.05, 3.63) is 29.1 Å². The van der Waals surface area contributed by atoms with Gasteiger partial charge in [-0.25, -0.2) is 4.98 Å². The average Bonchev–Trinajstić information content (AvgIpc) is 2.66. The first kappa shape index (κ1) is 9.71. The number of benzene rings is 1. The van der Waals surface area contributed by atoms with E-state index in [4.69, 9.17) is 5.73 Å². The Kier molecular flexibility index (Phi) is 2.19. The molecule has 1 aromatic carbocycles. The zero-order valence-corrected chi connectivity index (χ0v) is 8.79. The van der Waals surface area contributed by atoms with Gasteiger partial charge in [0.25, 0.3) is 0 Å². The molecule has 0 unspecified atom stereocenters. The highest BCUT2D eigenvalue weighted by Gasteiger charge is 2.14. The highest BCUT2D eigenvalue weighted by Crippen LogP contribution is 2.23. The summed E-state index contributed by atoms with van der Waals surface area (Å²) in [5, 5.41) is 0. The number of hydrogen-bond donors (Lipinski definition) is 2. The second kappa shape index (κ2) is 3.38. The summed E-state index contributed by atoms with van der Waals surface area (Å²) in [7, 11) is 0. The molecule has 0 aliphatic rings. The number of nitrogens with zero attached hydrogens (tertiary/aromatic N) is 1. The van der Waals surface area contributed by atoms with Gasteiger partial charge in [-0.2, -0.15) is 0 Å². The van der Waals surface area contributed by atoms with Gasteiger partial charge in [-0.05, 0) is 30.5 Å². The summed E-state index contributed by atoms with van der Waals surface area (Å²) in [6, 6.07) is 1.81. The lowest BCUT2D eigenvalue weighted by Crippen LogP contribution is -2.14. The topological polar surface area (TPSA) is 71.8 Å². The number of aromatic nitrogens is 2. The van der Waals surface area contributed by atoms with Crippen LogP contribution < -0.4 is 5.73 Å². The van der Waals surface area contributed by atoms with Crippen LogP contribution in [0.15, 0.2) is 12.4 Å². The fourth-order valence-electron chi connectivity index (χ4n) is 1.92. The van der Waals surface area contributed by atoms with Crippen LogP contribution >= 0.6 is 0 Å². The lowest BCUT2D eigenvalue weighted by Gasteiger charge is -2.07. The summed E-state index contributed by atoms with van der Waals surface area (Å²) < 4.78 is 0.